The van der Waals surface area contributed by atoms with Crippen LogP contribution in [0.2, 0.25) is 5.02 Å². The van der Waals surface area contributed by atoms with Gasteiger partial charge in [-0.1, -0.05) is 53.7 Å². The van der Waals surface area contributed by atoms with E-state index in [9.17, 15) is 14.9 Å². The minimum absolute atomic E-state index is 0.00921. The summed E-state index contributed by atoms with van der Waals surface area (Å²) in [4.78, 5) is 25.2. The molecule has 3 rings (SSSR count). The first kappa shape index (κ1) is 24.2. The molecule has 1 atom stereocenters. The molecule has 1 aliphatic rings. The number of thioether (sulfide) groups is 1. The van der Waals surface area contributed by atoms with Crippen molar-refractivity contribution in [2.45, 2.75) is 12.8 Å². The zero-order chi connectivity index (χ0) is 24.0. The highest BCUT2D eigenvalue weighted by Crippen LogP contribution is 2.43. The van der Waals surface area contributed by atoms with Crippen LogP contribution >= 0.6 is 23.4 Å². The summed E-state index contributed by atoms with van der Waals surface area (Å²) in [6.45, 7) is 1.74. The number of methoxy groups -OCH3 is 2. The molecular formula is C24H22ClN3O4S. The Bertz CT molecular complexity index is 1190. The predicted octanol–water partition coefficient (Wildman–Crippen LogP) is 4.59. The van der Waals surface area contributed by atoms with Gasteiger partial charge in [0.2, 0.25) is 0 Å². The highest BCUT2D eigenvalue weighted by Gasteiger charge is 2.36. The lowest BCUT2D eigenvalue weighted by Crippen LogP contribution is -2.31. The molecule has 0 unspecified atom stereocenters. The predicted molar refractivity (Wildman–Crippen MR) is 129 cm³/mol. The van der Waals surface area contributed by atoms with Gasteiger partial charge in [0.1, 0.15) is 5.75 Å². The van der Waals surface area contributed by atoms with Gasteiger partial charge < -0.3 is 20.1 Å². The van der Waals surface area contributed by atoms with Gasteiger partial charge in [0.05, 0.1) is 48.2 Å². The fourth-order valence-electron chi connectivity index (χ4n) is 3.48. The van der Waals surface area contributed by atoms with Crippen LogP contribution in [0.3, 0.4) is 0 Å². The van der Waals surface area contributed by atoms with E-state index in [1.54, 1.807) is 55.5 Å². The second kappa shape index (κ2) is 10.9. The summed E-state index contributed by atoms with van der Waals surface area (Å²) in [5, 5.41) is 17.0. The Kier molecular flexibility index (Phi) is 8.04. The van der Waals surface area contributed by atoms with E-state index in [0.29, 0.717) is 38.3 Å². The van der Waals surface area contributed by atoms with E-state index in [-0.39, 0.29) is 11.3 Å². The number of carbonyl (C=O) groups is 2. The van der Waals surface area contributed by atoms with Crippen LogP contribution in [0, 0.1) is 11.3 Å². The molecule has 1 amide bonds. The molecule has 2 aromatic rings. The van der Waals surface area contributed by atoms with Crippen LogP contribution in [0.1, 0.15) is 18.4 Å². The van der Waals surface area contributed by atoms with E-state index in [4.69, 9.17) is 21.1 Å². The fraction of sp³-hybridized carbons (Fsp3) is 0.208. The summed E-state index contributed by atoms with van der Waals surface area (Å²) < 4.78 is 10.1. The maximum Gasteiger partial charge on any atom is 0.316 e. The molecule has 7 nitrogen and oxygen atoms in total. The highest BCUT2D eigenvalue weighted by molar-refractivity contribution is 8.03. The van der Waals surface area contributed by atoms with Gasteiger partial charge in [-0.15, -0.1) is 0 Å². The van der Waals surface area contributed by atoms with Gasteiger partial charge in [0.15, 0.2) is 0 Å². The van der Waals surface area contributed by atoms with Crippen molar-refractivity contribution < 1.29 is 19.1 Å². The third kappa shape index (κ3) is 5.33. The molecular weight excluding hydrogens is 462 g/mol. The molecule has 0 saturated carbocycles. The Morgan fingerprint density at radius 1 is 1.18 bits per heavy atom. The van der Waals surface area contributed by atoms with Gasteiger partial charge in [-0.25, -0.2) is 0 Å². The molecule has 0 bridgehead atoms. The van der Waals surface area contributed by atoms with Crippen LogP contribution in [-0.2, 0) is 14.3 Å². The molecule has 0 aliphatic carbocycles. The number of benzene rings is 2. The first-order valence-corrected chi connectivity index (χ1v) is 11.3. The van der Waals surface area contributed by atoms with Crippen LogP contribution in [0.25, 0.3) is 0 Å². The van der Waals surface area contributed by atoms with Crippen LogP contribution in [0.4, 0.5) is 5.69 Å². The van der Waals surface area contributed by atoms with E-state index >= 15 is 0 Å². The lowest BCUT2D eigenvalue weighted by atomic mass is 9.82. The van der Waals surface area contributed by atoms with E-state index in [0.717, 1.165) is 11.8 Å². The van der Waals surface area contributed by atoms with Gasteiger partial charge in [-0.05, 0) is 30.7 Å². The molecule has 9 heteroatoms. The highest BCUT2D eigenvalue weighted by atomic mass is 35.5. The lowest BCUT2D eigenvalue weighted by Gasteiger charge is -2.30. The minimum atomic E-state index is -0.736. The molecule has 0 saturated heterocycles. The zero-order valence-corrected chi connectivity index (χ0v) is 19.8. The second-order valence-corrected chi connectivity index (χ2v) is 8.38. The number of esters is 1. The summed E-state index contributed by atoms with van der Waals surface area (Å²) >= 11 is 7.63. The van der Waals surface area contributed by atoms with Crippen LogP contribution in [-0.4, -0.2) is 31.8 Å². The number of halogens is 1. The molecule has 2 N–H and O–H groups in total. The van der Waals surface area contributed by atoms with E-state index in [1.807, 2.05) is 0 Å². The van der Waals surface area contributed by atoms with Gasteiger partial charge >= 0.3 is 5.97 Å². The Hall–Kier alpha value is -3.41. The standard InChI is InChI=1S/C24H22ClN3O4S/c1-14-21(23(30)28-18-10-6-7-11-19(18)31-2)22(15-8-4-5-9-17(15)25)16(12-26)24(27-14)33-13-20(29)32-3/h4-11,22,27H,13H2,1-3H3,(H,28,30)/t22-/m0/s1. The number of hydrogen-bond acceptors (Lipinski definition) is 7. The number of nitrogens with one attached hydrogen (secondary N) is 2. The molecule has 0 aromatic heterocycles. The minimum Gasteiger partial charge on any atom is -0.495 e. The molecule has 2 aromatic carbocycles. The van der Waals surface area contributed by atoms with Crippen LogP contribution in [0.15, 0.2) is 70.4 Å². The Morgan fingerprint density at radius 3 is 2.55 bits per heavy atom. The van der Waals surface area contributed by atoms with Crippen molar-refractivity contribution in [1.82, 2.24) is 5.32 Å². The summed E-state index contributed by atoms with van der Waals surface area (Å²) in [5.74, 6) is -1.05. The number of hydrogen-bond donors (Lipinski definition) is 2. The fourth-order valence-corrected chi connectivity index (χ4v) is 4.64. The van der Waals surface area contributed by atoms with E-state index < -0.39 is 17.8 Å². The summed E-state index contributed by atoms with van der Waals surface area (Å²) in [5.41, 5.74) is 2.27. The number of rotatable bonds is 7. The normalized spacial score (nSPS) is 15.4. The SMILES string of the molecule is COC(=O)CSC1=C(C#N)[C@H](c2ccccc2Cl)C(C(=O)Nc2ccccc2OC)=C(C)N1. The molecule has 1 aliphatic heterocycles. The number of para-hydroxylation sites is 2. The number of amides is 1. The van der Waals surface area contributed by atoms with Crippen molar-refractivity contribution in [2.75, 3.05) is 25.3 Å². The number of nitriles is 1. The molecule has 33 heavy (non-hydrogen) atoms. The zero-order valence-electron chi connectivity index (χ0n) is 18.3. The Morgan fingerprint density at radius 2 is 1.88 bits per heavy atom. The summed E-state index contributed by atoms with van der Waals surface area (Å²) in [6, 6.07) is 16.3. The molecule has 170 valence electrons. The first-order chi connectivity index (χ1) is 15.9. The number of carbonyl (C=O) groups excluding carboxylic acids is 2. The molecule has 0 spiro atoms. The third-order valence-corrected chi connectivity index (χ3v) is 6.36. The van der Waals surface area contributed by atoms with Crippen molar-refractivity contribution in [3.05, 3.63) is 81.0 Å². The number of ether oxygens (including phenoxy) is 2. The van der Waals surface area contributed by atoms with Crippen LogP contribution in [0.5, 0.6) is 5.75 Å². The van der Waals surface area contributed by atoms with Crippen LogP contribution < -0.4 is 15.4 Å². The number of allylic oxidation sites excluding steroid dienone is 2. The average Bonchev–Trinajstić information content (AvgIpc) is 2.82. The van der Waals surface area contributed by atoms with Gasteiger partial charge in [-0.3, -0.25) is 9.59 Å². The maximum atomic E-state index is 13.5. The quantitative estimate of drug-likeness (QED) is 0.555. The van der Waals surface area contributed by atoms with Gasteiger partial charge in [0, 0.05) is 16.3 Å². The third-order valence-electron chi connectivity index (χ3n) is 5.03. The van der Waals surface area contributed by atoms with E-state index in [2.05, 4.69) is 16.7 Å². The van der Waals surface area contributed by atoms with Crippen molar-refractivity contribution in [3.63, 3.8) is 0 Å². The summed E-state index contributed by atoms with van der Waals surface area (Å²) in [6.07, 6.45) is 0. The average molecular weight is 484 g/mol. The topological polar surface area (TPSA) is 100 Å². The smallest absolute Gasteiger partial charge is 0.316 e. The second-order valence-electron chi connectivity index (χ2n) is 6.99. The lowest BCUT2D eigenvalue weighted by molar-refractivity contribution is -0.137. The summed E-state index contributed by atoms with van der Waals surface area (Å²) in [7, 11) is 2.82. The number of anilines is 1. The molecule has 1 heterocycles. The van der Waals surface area contributed by atoms with Crippen molar-refractivity contribution >= 4 is 40.9 Å². The van der Waals surface area contributed by atoms with Crippen molar-refractivity contribution in [1.29, 1.82) is 5.26 Å². The number of dihydropyridines is 1. The van der Waals surface area contributed by atoms with Crippen molar-refractivity contribution in [2.24, 2.45) is 0 Å². The first-order valence-electron chi connectivity index (χ1n) is 9.91. The number of nitrogens with zero attached hydrogens (tertiary/aromatic N) is 1. The van der Waals surface area contributed by atoms with Crippen molar-refractivity contribution in [3.8, 4) is 11.8 Å². The monoisotopic (exact) mass is 483 g/mol. The Balaban J connectivity index is 2.08. The molecule has 0 radical (unpaired) electrons. The largest absolute Gasteiger partial charge is 0.495 e. The van der Waals surface area contributed by atoms with Gasteiger partial charge in [0.25, 0.3) is 5.91 Å². The van der Waals surface area contributed by atoms with Gasteiger partial charge in [-0.2, -0.15) is 5.26 Å². The Labute approximate surface area is 201 Å². The van der Waals surface area contributed by atoms with E-state index in [1.165, 1.54) is 14.2 Å². The maximum absolute atomic E-state index is 13.5. The molecule has 0 fully saturated rings.